The third-order valence-electron chi connectivity index (χ3n) is 14.8. The lowest BCUT2D eigenvalue weighted by Crippen LogP contribution is -2.54. The van der Waals surface area contributed by atoms with E-state index in [0.29, 0.717) is 22.7 Å². The van der Waals surface area contributed by atoms with Gasteiger partial charge in [-0.05, 0) is 98.3 Å². The van der Waals surface area contributed by atoms with E-state index in [2.05, 4.69) is 64.0 Å². The summed E-state index contributed by atoms with van der Waals surface area (Å²) in [4.78, 5) is 78.1. The summed E-state index contributed by atoms with van der Waals surface area (Å²) >= 11 is 1.60. The number of nitriles is 1. The monoisotopic (exact) mass is 895 g/mol. The number of unbranched alkanes of at least 4 members (excludes halogenated alkanes) is 6. The van der Waals surface area contributed by atoms with Crippen molar-refractivity contribution in [2.24, 2.45) is 0 Å². The second kappa shape index (κ2) is 18.9. The van der Waals surface area contributed by atoms with Crippen LogP contribution in [0.2, 0.25) is 0 Å². The molecule has 4 aromatic rings. The highest BCUT2D eigenvalue weighted by Crippen LogP contribution is 2.46. The van der Waals surface area contributed by atoms with Gasteiger partial charge in [-0.1, -0.05) is 65.0 Å². The van der Waals surface area contributed by atoms with Crippen LogP contribution >= 0.6 is 11.8 Å². The molecule has 9 rings (SSSR count). The molecule has 4 amide bonds. The van der Waals surface area contributed by atoms with Crippen molar-refractivity contribution in [3.63, 3.8) is 0 Å². The van der Waals surface area contributed by atoms with E-state index in [9.17, 15) is 29.2 Å². The Kier molecular flexibility index (Phi) is 13.1. The van der Waals surface area contributed by atoms with E-state index >= 15 is 0 Å². The van der Waals surface area contributed by atoms with Gasteiger partial charge in [0.05, 0.1) is 28.3 Å². The van der Waals surface area contributed by atoms with Gasteiger partial charge in [0.1, 0.15) is 6.04 Å². The molecule has 65 heavy (non-hydrogen) atoms. The number of nitrogens with one attached hydrogen (secondary N) is 2. The first kappa shape index (κ1) is 44.9. The molecule has 1 unspecified atom stereocenters. The van der Waals surface area contributed by atoms with Crippen molar-refractivity contribution in [3.05, 3.63) is 93.2 Å². The van der Waals surface area contributed by atoms with Crippen LogP contribution in [0.4, 0.5) is 5.69 Å². The predicted molar refractivity (Wildman–Crippen MR) is 254 cm³/mol. The van der Waals surface area contributed by atoms with Gasteiger partial charge in [-0.15, -0.1) is 11.8 Å². The zero-order valence-electron chi connectivity index (χ0n) is 38.1. The van der Waals surface area contributed by atoms with Crippen LogP contribution in [-0.4, -0.2) is 113 Å². The Morgan fingerprint density at radius 1 is 0.800 bits per heavy atom. The Labute approximate surface area is 386 Å². The van der Waals surface area contributed by atoms with E-state index in [1.807, 2.05) is 18.2 Å². The number of carbonyl (C=O) groups is 5. The van der Waals surface area contributed by atoms with Gasteiger partial charge in [0, 0.05) is 89.9 Å². The molecule has 1 aliphatic carbocycles. The molecule has 0 saturated carbocycles. The molecule has 0 radical (unpaired) electrons. The summed E-state index contributed by atoms with van der Waals surface area (Å²) in [6.07, 6.45) is 11.7. The Bertz CT molecular complexity index is 2580. The number of imide groups is 2. The third kappa shape index (κ3) is 8.65. The Balaban J connectivity index is 0.672. The molecule has 0 spiro atoms. The van der Waals surface area contributed by atoms with E-state index in [4.69, 9.17) is 0 Å². The number of amides is 4. The lowest BCUT2D eigenvalue weighted by atomic mass is 9.70. The van der Waals surface area contributed by atoms with Crippen molar-refractivity contribution in [1.29, 1.82) is 5.26 Å². The van der Waals surface area contributed by atoms with Crippen LogP contribution in [0.1, 0.15) is 150 Å². The first-order chi connectivity index (χ1) is 31.5. The number of benzene rings is 3. The smallest absolute Gasteiger partial charge is 0.263 e. The Morgan fingerprint density at radius 2 is 1.54 bits per heavy atom. The second-order valence-electron chi connectivity index (χ2n) is 19.1. The molecule has 3 fully saturated rings. The average Bonchev–Trinajstić information content (AvgIpc) is 3.83. The van der Waals surface area contributed by atoms with E-state index in [-0.39, 0.29) is 29.9 Å². The molecule has 12 nitrogen and oxygen atoms in total. The van der Waals surface area contributed by atoms with Crippen LogP contribution in [0, 0.1) is 11.3 Å². The van der Waals surface area contributed by atoms with Crippen molar-refractivity contribution in [2.45, 2.75) is 120 Å². The molecule has 1 atom stereocenters. The number of rotatable bonds is 15. The molecule has 3 aromatic carbocycles. The van der Waals surface area contributed by atoms with Gasteiger partial charge in [0.25, 0.3) is 11.8 Å². The summed E-state index contributed by atoms with van der Waals surface area (Å²) in [5.41, 5.74) is 7.84. The van der Waals surface area contributed by atoms with Crippen molar-refractivity contribution in [2.75, 3.05) is 56.5 Å². The highest BCUT2D eigenvalue weighted by atomic mass is 32.2. The maximum absolute atomic E-state index is 14.1. The van der Waals surface area contributed by atoms with E-state index in [1.165, 1.54) is 49.9 Å². The molecular formula is C52H61N7O5S. The highest BCUT2D eigenvalue weighted by molar-refractivity contribution is 7.99. The minimum Gasteiger partial charge on any atom is -0.371 e. The molecule has 4 aliphatic heterocycles. The summed E-state index contributed by atoms with van der Waals surface area (Å²) in [5, 5.41) is 12.6. The maximum Gasteiger partial charge on any atom is 0.263 e. The number of nitrogens with zero attached hydrogens (tertiary/aromatic N) is 5. The number of H-pyrrole nitrogens is 1. The molecule has 0 bridgehead atoms. The quantitative estimate of drug-likeness (QED) is 0.0684. The number of aromatic nitrogens is 1. The third-order valence-corrected chi connectivity index (χ3v) is 16.0. The van der Waals surface area contributed by atoms with Crippen molar-refractivity contribution < 1.29 is 24.0 Å². The number of anilines is 1. The van der Waals surface area contributed by atoms with Gasteiger partial charge in [-0.3, -0.25) is 39.1 Å². The lowest BCUT2D eigenvalue weighted by molar-refractivity contribution is -0.136. The Morgan fingerprint density at radius 3 is 2.26 bits per heavy atom. The normalized spacial score (nSPS) is 20.3. The molecule has 5 aliphatic rings. The number of hydrogen-bond donors (Lipinski definition) is 2. The first-order valence-electron chi connectivity index (χ1n) is 24.0. The number of aryl methyl sites for hydroxylation is 1. The minimum atomic E-state index is -0.947. The second-order valence-corrected chi connectivity index (χ2v) is 20.3. The molecular weight excluding hydrogens is 835 g/mol. The van der Waals surface area contributed by atoms with E-state index < -0.39 is 23.8 Å². The minimum absolute atomic E-state index is 0.0719. The highest BCUT2D eigenvalue weighted by Gasteiger charge is 2.46. The van der Waals surface area contributed by atoms with Crippen molar-refractivity contribution >= 4 is 57.8 Å². The summed E-state index contributed by atoms with van der Waals surface area (Å²) in [7, 11) is 0. The summed E-state index contributed by atoms with van der Waals surface area (Å²) in [6, 6.07) is 17.3. The number of piperidine rings is 2. The standard InChI is InChI=1S/C52H61N7O5S/c1-4-34-30-38-39(52(2,3)48-46(47(38)61)36-16-15-33(32-53)29-40(36)54-48)31-42(34)58-22-19-35(20-23-58)57-26-24-56(25-27-57)21-10-8-6-5-7-9-11-28-65-43-14-12-13-37-45(43)51(64)59(50(37)63)41-17-18-44(60)55-49(41)62/h12-16,29-31,35,41,54H,4-11,17-28H2,1-3H3,(H,55,60,62). The van der Waals surface area contributed by atoms with Crippen molar-refractivity contribution in [3.8, 4) is 6.07 Å². The van der Waals surface area contributed by atoms with Crippen LogP contribution < -0.4 is 10.2 Å². The fourth-order valence-corrected chi connectivity index (χ4v) is 12.2. The SMILES string of the molecule is CCc1cc2c(cc1N1CCC(N3CCN(CCCCCCCCCSc4cccc5c4C(=O)N(C4CCC(=O)NC4=O)C5=O)CC3)CC1)C(C)(C)c1[nH]c3cc(C#N)ccc3c1C2=O. The van der Waals surface area contributed by atoms with Gasteiger partial charge in [0.2, 0.25) is 11.8 Å². The van der Waals surface area contributed by atoms with Crippen LogP contribution in [0.15, 0.2) is 53.4 Å². The number of piperazine rings is 1. The van der Waals surface area contributed by atoms with Gasteiger partial charge < -0.3 is 14.8 Å². The van der Waals surface area contributed by atoms with Gasteiger partial charge in [-0.25, -0.2) is 0 Å². The zero-order valence-corrected chi connectivity index (χ0v) is 38.9. The molecule has 3 saturated heterocycles. The number of hydrogen-bond acceptors (Lipinski definition) is 10. The molecule has 340 valence electrons. The first-order valence-corrected chi connectivity index (χ1v) is 24.9. The van der Waals surface area contributed by atoms with Gasteiger partial charge in [-0.2, -0.15) is 5.26 Å². The van der Waals surface area contributed by atoms with E-state index in [0.717, 1.165) is 120 Å². The van der Waals surface area contributed by atoms with Crippen LogP contribution in [0.25, 0.3) is 10.9 Å². The van der Waals surface area contributed by atoms with Gasteiger partial charge in [0.15, 0.2) is 5.78 Å². The number of fused-ring (bicyclic) bond motifs is 5. The number of carbonyl (C=O) groups excluding carboxylic acids is 5. The largest absolute Gasteiger partial charge is 0.371 e. The number of thioether (sulfide) groups is 1. The number of aromatic amines is 1. The molecule has 5 heterocycles. The zero-order chi connectivity index (χ0) is 45.4. The molecule has 13 heteroatoms. The van der Waals surface area contributed by atoms with Crippen molar-refractivity contribution in [1.82, 2.24) is 25.0 Å². The van der Waals surface area contributed by atoms with Crippen LogP contribution in [-0.2, 0) is 21.4 Å². The Hall–Kier alpha value is -5.29. The average molecular weight is 896 g/mol. The fourth-order valence-electron chi connectivity index (χ4n) is 11.1. The summed E-state index contributed by atoms with van der Waals surface area (Å²) in [6.45, 7) is 14.4. The summed E-state index contributed by atoms with van der Waals surface area (Å²) < 4.78 is 0. The lowest BCUT2D eigenvalue weighted by Gasteiger charge is -2.44. The maximum atomic E-state index is 14.1. The summed E-state index contributed by atoms with van der Waals surface area (Å²) in [5.74, 6) is -0.928. The van der Waals surface area contributed by atoms with Crippen LogP contribution in [0.3, 0.4) is 0 Å². The topological polar surface area (TPSA) is 150 Å². The molecule has 1 aromatic heterocycles. The fraction of sp³-hybridized carbons (Fsp3) is 0.500. The van der Waals surface area contributed by atoms with Gasteiger partial charge >= 0.3 is 0 Å². The van der Waals surface area contributed by atoms with E-state index in [1.54, 1.807) is 30.0 Å². The molecule has 2 N–H and O–H groups in total. The van der Waals surface area contributed by atoms with Crippen LogP contribution in [0.5, 0.6) is 0 Å². The number of ketones is 1. The predicted octanol–water partition coefficient (Wildman–Crippen LogP) is 7.98.